The van der Waals surface area contributed by atoms with Crippen molar-refractivity contribution in [2.24, 2.45) is 0 Å². The number of hydrogen-bond acceptors (Lipinski definition) is 3. The van der Waals surface area contributed by atoms with Crippen LogP contribution in [0.25, 0.3) is 0 Å². The van der Waals surface area contributed by atoms with Crippen molar-refractivity contribution in [3.8, 4) is 0 Å². The van der Waals surface area contributed by atoms with Crippen LogP contribution in [0.4, 0.5) is 13.2 Å². The van der Waals surface area contributed by atoms with Crippen molar-refractivity contribution < 1.29 is 13.2 Å². The molecule has 0 radical (unpaired) electrons. The average molecular weight is 312 g/mol. The van der Waals surface area contributed by atoms with Gasteiger partial charge >= 0.3 is 0 Å². The molecule has 2 aromatic rings. The van der Waals surface area contributed by atoms with Crippen LogP contribution >= 0.6 is 11.3 Å². The summed E-state index contributed by atoms with van der Waals surface area (Å²) in [5.41, 5.74) is 1.43. The summed E-state index contributed by atoms with van der Waals surface area (Å²) in [7, 11) is 1.70. The molecule has 3 rings (SSSR count). The van der Waals surface area contributed by atoms with Gasteiger partial charge in [-0.15, -0.1) is 11.3 Å². The second-order valence-corrected chi connectivity index (χ2v) is 6.26. The molecule has 2 nitrogen and oxygen atoms in total. The van der Waals surface area contributed by atoms with Crippen LogP contribution in [0.2, 0.25) is 0 Å². The van der Waals surface area contributed by atoms with Gasteiger partial charge in [0.05, 0.1) is 11.7 Å². The van der Waals surface area contributed by atoms with E-state index in [0.717, 1.165) is 48.5 Å². The van der Waals surface area contributed by atoms with Crippen molar-refractivity contribution in [3.05, 3.63) is 50.7 Å². The molecule has 1 aromatic heterocycles. The first-order valence-corrected chi connectivity index (χ1v) is 7.72. The van der Waals surface area contributed by atoms with Crippen molar-refractivity contribution in [1.82, 2.24) is 10.3 Å². The van der Waals surface area contributed by atoms with E-state index in [1.807, 2.05) is 0 Å². The molecule has 1 N–H and O–H groups in total. The summed E-state index contributed by atoms with van der Waals surface area (Å²) in [6, 6.07) is 1.63. The Morgan fingerprint density at radius 1 is 1.14 bits per heavy atom. The van der Waals surface area contributed by atoms with Crippen LogP contribution in [-0.2, 0) is 12.8 Å². The zero-order chi connectivity index (χ0) is 15.0. The van der Waals surface area contributed by atoms with Gasteiger partial charge in [0.15, 0.2) is 17.5 Å². The molecule has 6 heteroatoms. The van der Waals surface area contributed by atoms with Gasteiger partial charge < -0.3 is 5.32 Å². The third-order valence-electron chi connectivity index (χ3n) is 3.74. The minimum Gasteiger partial charge on any atom is -0.307 e. The van der Waals surface area contributed by atoms with E-state index in [1.165, 1.54) is 4.88 Å². The number of halogens is 3. The van der Waals surface area contributed by atoms with Crippen molar-refractivity contribution in [2.45, 2.75) is 31.7 Å². The van der Waals surface area contributed by atoms with E-state index in [9.17, 15) is 13.2 Å². The summed E-state index contributed by atoms with van der Waals surface area (Å²) in [5, 5.41) is 3.78. The minimum absolute atomic E-state index is 0.347. The molecule has 0 amide bonds. The Hall–Kier alpha value is -1.40. The first-order valence-electron chi connectivity index (χ1n) is 6.90. The number of rotatable bonds is 3. The fraction of sp³-hybridized carbons (Fsp3) is 0.400. The second-order valence-electron chi connectivity index (χ2n) is 5.15. The van der Waals surface area contributed by atoms with Crippen LogP contribution in [0.3, 0.4) is 0 Å². The van der Waals surface area contributed by atoms with Gasteiger partial charge in [-0.1, -0.05) is 0 Å². The molecule has 0 fully saturated rings. The molecule has 0 bridgehead atoms. The van der Waals surface area contributed by atoms with E-state index in [4.69, 9.17) is 0 Å². The van der Waals surface area contributed by atoms with E-state index in [1.54, 1.807) is 18.4 Å². The molecule has 1 atom stereocenters. The number of thiazole rings is 1. The van der Waals surface area contributed by atoms with Gasteiger partial charge in [-0.05, 0) is 50.4 Å². The highest BCUT2D eigenvalue weighted by Crippen LogP contribution is 2.33. The summed E-state index contributed by atoms with van der Waals surface area (Å²) >= 11 is 1.57. The summed E-state index contributed by atoms with van der Waals surface area (Å²) in [4.78, 5) is 5.85. The Morgan fingerprint density at radius 3 is 2.43 bits per heavy atom. The van der Waals surface area contributed by atoms with Gasteiger partial charge in [-0.2, -0.15) is 0 Å². The van der Waals surface area contributed by atoms with Crippen molar-refractivity contribution in [3.63, 3.8) is 0 Å². The number of fused-ring (bicyclic) bond motifs is 1. The number of nitrogens with one attached hydrogen (secondary N) is 1. The predicted octanol–water partition coefficient (Wildman–Crippen LogP) is 3.75. The molecular formula is C15H15F3N2S. The highest BCUT2D eigenvalue weighted by molar-refractivity contribution is 7.11. The van der Waals surface area contributed by atoms with E-state index in [2.05, 4.69) is 10.3 Å². The minimum atomic E-state index is -1.44. The fourth-order valence-electron chi connectivity index (χ4n) is 2.67. The number of nitrogens with zero attached hydrogens (tertiary/aromatic N) is 1. The first-order chi connectivity index (χ1) is 10.1. The summed E-state index contributed by atoms with van der Waals surface area (Å²) in [5.74, 6) is -3.79. The molecule has 1 heterocycles. The summed E-state index contributed by atoms with van der Waals surface area (Å²) in [6.07, 6.45) is 4.24. The zero-order valence-electron chi connectivity index (χ0n) is 11.5. The standard InChI is InChI=1S/C15H15F3N2S/c1-19-14(8-6-9(16)13(18)10(17)7-8)15-20-11-4-2-3-5-12(11)21-15/h6-7,14,19H,2-5H2,1H3. The zero-order valence-corrected chi connectivity index (χ0v) is 12.4. The topological polar surface area (TPSA) is 24.9 Å². The largest absolute Gasteiger partial charge is 0.307 e. The van der Waals surface area contributed by atoms with Gasteiger partial charge in [0.25, 0.3) is 0 Å². The van der Waals surface area contributed by atoms with Crippen LogP contribution < -0.4 is 5.32 Å². The van der Waals surface area contributed by atoms with E-state index in [-0.39, 0.29) is 0 Å². The maximum atomic E-state index is 13.4. The Bertz CT molecular complexity index is 622. The highest BCUT2D eigenvalue weighted by atomic mass is 32.1. The maximum absolute atomic E-state index is 13.4. The normalized spacial score (nSPS) is 15.8. The molecular weight excluding hydrogens is 297 g/mol. The van der Waals surface area contributed by atoms with Crippen molar-refractivity contribution >= 4 is 11.3 Å². The lowest BCUT2D eigenvalue weighted by molar-refractivity contribution is 0.443. The Morgan fingerprint density at radius 2 is 1.81 bits per heavy atom. The quantitative estimate of drug-likeness (QED) is 0.873. The van der Waals surface area contributed by atoms with Gasteiger partial charge in [0, 0.05) is 4.88 Å². The van der Waals surface area contributed by atoms with Gasteiger partial charge in [0.1, 0.15) is 5.01 Å². The summed E-state index contributed by atoms with van der Waals surface area (Å²) in [6.45, 7) is 0. The number of hydrogen-bond donors (Lipinski definition) is 1. The lowest BCUT2D eigenvalue weighted by Crippen LogP contribution is -2.18. The molecule has 1 aliphatic carbocycles. The summed E-state index contributed by atoms with van der Waals surface area (Å²) < 4.78 is 39.9. The molecule has 112 valence electrons. The maximum Gasteiger partial charge on any atom is 0.194 e. The average Bonchev–Trinajstić information content (AvgIpc) is 2.89. The third kappa shape index (κ3) is 2.70. The number of benzene rings is 1. The van der Waals surface area contributed by atoms with Crippen LogP contribution in [-0.4, -0.2) is 12.0 Å². The molecule has 21 heavy (non-hydrogen) atoms. The van der Waals surface area contributed by atoms with E-state index >= 15 is 0 Å². The van der Waals surface area contributed by atoms with Crippen LogP contribution in [0.5, 0.6) is 0 Å². The number of aryl methyl sites for hydroxylation is 2. The smallest absolute Gasteiger partial charge is 0.194 e. The molecule has 0 spiro atoms. The number of aromatic nitrogens is 1. The fourth-order valence-corrected chi connectivity index (χ4v) is 3.96. The molecule has 0 saturated heterocycles. The second kappa shape index (κ2) is 5.77. The lowest BCUT2D eigenvalue weighted by atomic mass is 10.0. The molecule has 1 unspecified atom stereocenters. The molecule has 0 saturated carbocycles. The SMILES string of the molecule is CNC(c1cc(F)c(F)c(F)c1)c1nc2c(s1)CCCC2. The van der Waals surface area contributed by atoms with E-state index in [0.29, 0.717) is 5.56 Å². The predicted molar refractivity (Wildman–Crippen MR) is 76.0 cm³/mol. The Kier molecular flexibility index (Phi) is 3.99. The van der Waals surface area contributed by atoms with Crippen molar-refractivity contribution in [2.75, 3.05) is 7.05 Å². The van der Waals surface area contributed by atoms with E-state index < -0.39 is 23.5 Å². The van der Waals surface area contributed by atoms with Crippen LogP contribution in [0, 0.1) is 17.5 Å². The van der Waals surface area contributed by atoms with Gasteiger partial charge in [-0.25, -0.2) is 18.2 Å². The molecule has 0 aliphatic heterocycles. The van der Waals surface area contributed by atoms with Crippen LogP contribution in [0.1, 0.15) is 40.0 Å². The highest BCUT2D eigenvalue weighted by Gasteiger charge is 2.23. The Balaban J connectivity index is 2.00. The Labute approximate surface area is 125 Å². The van der Waals surface area contributed by atoms with Crippen molar-refractivity contribution in [1.29, 1.82) is 0 Å². The molecule has 1 aromatic carbocycles. The first kappa shape index (κ1) is 14.5. The molecule has 1 aliphatic rings. The van der Waals surface area contributed by atoms with Crippen LogP contribution in [0.15, 0.2) is 12.1 Å². The van der Waals surface area contributed by atoms with Gasteiger partial charge in [-0.3, -0.25) is 0 Å². The monoisotopic (exact) mass is 312 g/mol. The lowest BCUT2D eigenvalue weighted by Gasteiger charge is -2.14. The van der Waals surface area contributed by atoms with Gasteiger partial charge in [0.2, 0.25) is 0 Å². The third-order valence-corrected chi connectivity index (χ3v) is 4.96.